The van der Waals surface area contributed by atoms with E-state index in [1.54, 1.807) is 6.07 Å². The number of halogens is 4. The van der Waals surface area contributed by atoms with Crippen molar-refractivity contribution in [3.63, 3.8) is 0 Å². The lowest BCUT2D eigenvalue weighted by Gasteiger charge is -2.12. The number of tetrazole rings is 1. The van der Waals surface area contributed by atoms with Crippen LogP contribution < -0.4 is 5.32 Å². The van der Waals surface area contributed by atoms with E-state index in [-0.39, 0.29) is 17.1 Å². The van der Waals surface area contributed by atoms with E-state index >= 15 is 0 Å². The highest BCUT2D eigenvalue weighted by Gasteiger charge is 2.33. The Bertz CT molecular complexity index is 702. The van der Waals surface area contributed by atoms with Gasteiger partial charge in [0.05, 0.1) is 16.3 Å². The molecule has 0 amide bonds. The zero-order valence-electron chi connectivity index (χ0n) is 10.1. The molecule has 0 aliphatic rings. The van der Waals surface area contributed by atoms with Gasteiger partial charge in [-0.05, 0) is 17.3 Å². The van der Waals surface area contributed by atoms with Gasteiger partial charge in [-0.15, -0.1) is 10.2 Å². The third kappa shape index (κ3) is 3.29. The van der Waals surface area contributed by atoms with Crippen LogP contribution in [0.25, 0.3) is 5.57 Å². The Labute approximate surface area is 121 Å². The Balaban J connectivity index is 2.31. The van der Waals surface area contributed by atoms with Crippen LogP contribution in [0.15, 0.2) is 24.4 Å². The largest absolute Gasteiger partial charge is 0.417 e. The van der Waals surface area contributed by atoms with Gasteiger partial charge in [0.25, 0.3) is 0 Å². The topological polar surface area (TPSA) is 90.3 Å². The molecule has 0 saturated heterocycles. The van der Waals surface area contributed by atoms with Gasteiger partial charge in [-0.3, -0.25) is 0 Å². The molecular weight excluding hydrogens is 309 g/mol. The first kappa shape index (κ1) is 14.8. The van der Waals surface area contributed by atoms with Crippen LogP contribution in [0.1, 0.15) is 11.4 Å². The van der Waals surface area contributed by atoms with E-state index in [2.05, 4.69) is 25.9 Å². The number of aromatic nitrogens is 4. The number of nitriles is 1. The van der Waals surface area contributed by atoms with Gasteiger partial charge in [0.2, 0.25) is 5.82 Å². The van der Waals surface area contributed by atoms with E-state index in [4.69, 9.17) is 16.9 Å². The fraction of sp³-hybridized carbons (Fsp3) is 0.0909. The summed E-state index contributed by atoms with van der Waals surface area (Å²) in [6.07, 6.45) is -3.42. The number of rotatable bonds is 3. The second-order valence-electron chi connectivity index (χ2n) is 3.71. The summed E-state index contributed by atoms with van der Waals surface area (Å²) in [4.78, 5) is 0. The molecule has 6 nitrogen and oxygen atoms in total. The highest BCUT2D eigenvalue weighted by molar-refractivity contribution is 6.34. The molecule has 0 aliphatic carbocycles. The number of nitrogens with zero attached hydrogens (tertiary/aromatic N) is 4. The Morgan fingerprint density at radius 2 is 2.19 bits per heavy atom. The maximum atomic E-state index is 12.7. The number of hydrogen-bond acceptors (Lipinski definition) is 5. The lowest BCUT2D eigenvalue weighted by atomic mass is 10.2. The van der Waals surface area contributed by atoms with Crippen LogP contribution in [0.5, 0.6) is 0 Å². The van der Waals surface area contributed by atoms with Crippen molar-refractivity contribution in [2.75, 3.05) is 5.32 Å². The molecule has 1 aromatic carbocycles. The van der Waals surface area contributed by atoms with Gasteiger partial charge >= 0.3 is 6.18 Å². The van der Waals surface area contributed by atoms with Gasteiger partial charge in [0.15, 0.2) is 0 Å². The minimum Gasteiger partial charge on any atom is -0.359 e. The zero-order chi connectivity index (χ0) is 15.5. The molecule has 0 aliphatic heterocycles. The number of nitrogens with one attached hydrogen (secondary N) is 2. The van der Waals surface area contributed by atoms with Gasteiger partial charge in [-0.1, -0.05) is 17.7 Å². The molecule has 2 rings (SSSR count). The van der Waals surface area contributed by atoms with Crippen molar-refractivity contribution >= 4 is 22.9 Å². The van der Waals surface area contributed by atoms with Gasteiger partial charge in [-0.2, -0.15) is 23.6 Å². The zero-order valence-corrected chi connectivity index (χ0v) is 10.9. The van der Waals surface area contributed by atoms with Crippen molar-refractivity contribution in [3.05, 3.63) is 40.8 Å². The lowest BCUT2D eigenvalue weighted by Crippen LogP contribution is -2.07. The third-order valence-corrected chi connectivity index (χ3v) is 2.79. The van der Waals surface area contributed by atoms with Gasteiger partial charge in [-0.25, -0.2) is 0 Å². The molecule has 21 heavy (non-hydrogen) atoms. The predicted octanol–water partition coefficient (Wildman–Crippen LogP) is 2.85. The summed E-state index contributed by atoms with van der Waals surface area (Å²) in [6, 6.07) is 5.20. The van der Waals surface area contributed by atoms with Crippen molar-refractivity contribution in [2.24, 2.45) is 0 Å². The summed E-state index contributed by atoms with van der Waals surface area (Å²) >= 11 is 5.70. The van der Waals surface area contributed by atoms with Gasteiger partial charge in [0, 0.05) is 6.20 Å². The number of H-pyrrole nitrogens is 1. The van der Waals surface area contributed by atoms with Crippen LogP contribution in [0.4, 0.5) is 18.9 Å². The molecule has 2 aromatic rings. The van der Waals surface area contributed by atoms with Crippen LogP contribution in [-0.2, 0) is 6.18 Å². The average Bonchev–Trinajstić information content (AvgIpc) is 2.94. The summed E-state index contributed by atoms with van der Waals surface area (Å²) in [5.74, 6) is 0.00750. The van der Waals surface area contributed by atoms with E-state index < -0.39 is 16.8 Å². The van der Waals surface area contributed by atoms with Crippen molar-refractivity contribution in [3.8, 4) is 6.07 Å². The van der Waals surface area contributed by atoms with E-state index in [9.17, 15) is 13.2 Å². The van der Waals surface area contributed by atoms with Crippen LogP contribution in [-0.4, -0.2) is 20.6 Å². The molecule has 0 fully saturated rings. The Morgan fingerprint density at radius 1 is 1.43 bits per heavy atom. The van der Waals surface area contributed by atoms with E-state index in [1.807, 2.05) is 0 Å². The molecule has 0 unspecified atom stereocenters. The molecule has 10 heteroatoms. The first-order valence-corrected chi connectivity index (χ1v) is 5.77. The number of aromatic amines is 1. The van der Waals surface area contributed by atoms with Crippen LogP contribution >= 0.6 is 11.6 Å². The monoisotopic (exact) mass is 314 g/mol. The van der Waals surface area contributed by atoms with Crippen molar-refractivity contribution < 1.29 is 13.2 Å². The van der Waals surface area contributed by atoms with Gasteiger partial charge in [0.1, 0.15) is 11.6 Å². The van der Waals surface area contributed by atoms with E-state index in [1.165, 1.54) is 12.1 Å². The Morgan fingerprint density at radius 3 is 2.76 bits per heavy atom. The molecule has 1 heterocycles. The summed E-state index contributed by atoms with van der Waals surface area (Å²) < 4.78 is 38.1. The fourth-order valence-electron chi connectivity index (χ4n) is 1.44. The Kier molecular flexibility index (Phi) is 4.09. The van der Waals surface area contributed by atoms with Crippen molar-refractivity contribution in [1.29, 1.82) is 5.26 Å². The fourth-order valence-corrected chi connectivity index (χ4v) is 1.72. The smallest absolute Gasteiger partial charge is 0.359 e. The molecule has 0 radical (unpaired) electrons. The second-order valence-corrected chi connectivity index (χ2v) is 4.09. The Hall–Kier alpha value is -2.60. The number of anilines is 1. The number of hydrogen-bond donors (Lipinski definition) is 2. The molecule has 0 bridgehead atoms. The van der Waals surface area contributed by atoms with Crippen LogP contribution in [0, 0.1) is 11.3 Å². The number of benzene rings is 1. The summed E-state index contributed by atoms with van der Waals surface area (Å²) in [6.45, 7) is 0. The first-order chi connectivity index (χ1) is 9.93. The minimum absolute atomic E-state index is 0.00253. The highest BCUT2D eigenvalue weighted by atomic mass is 35.5. The van der Waals surface area contributed by atoms with Crippen molar-refractivity contribution in [1.82, 2.24) is 20.6 Å². The maximum Gasteiger partial charge on any atom is 0.417 e. The third-order valence-electron chi connectivity index (χ3n) is 2.38. The summed E-state index contributed by atoms with van der Waals surface area (Å²) in [5, 5.41) is 23.6. The molecule has 0 atom stereocenters. The average molecular weight is 315 g/mol. The molecular formula is C11H6ClF3N6. The van der Waals surface area contributed by atoms with Crippen LogP contribution in [0.3, 0.4) is 0 Å². The van der Waals surface area contributed by atoms with Gasteiger partial charge < -0.3 is 5.32 Å². The second kappa shape index (κ2) is 5.80. The minimum atomic E-state index is -4.57. The standard InChI is InChI=1S/C11H6ClF3N6/c12-9-7(11(13,14)15)2-1-3-8(9)17-5-6(4-16)10-18-20-21-19-10/h1-3,5,17H,(H,18,19,20,21). The quantitative estimate of drug-likeness (QED) is 0.850. The van der Waals surface area contributed by atoms with E-state index in [0.717, 1.165) is 12.3 Å². The lowest BCUT2D eigenvalue weighted by molar-refractivity contribution is -0.137. The first-order valence-electron chi connectivity index (χ1n) is 5.40. The summed E-state index contributed by atoms with van der Waals surface area (Å²) in [7, 11) is 0. The predicted molar refractivity (Wildman–Crippen MR) is 67.8 cm³/mol. The normalized spacial score (nSPS) is 12.0. The SMILES string of the molecule is N#CC(=CNc1cccc(C(F)(F)F)c1Cl)c1nn[nH]n1. The molecule has 0 spiro atoms. The number of alkyl halides is 3. The van der Waals surface area contributed by atoms with Crippen molar-refractivity contribution in [2.45, 2.75) is 6.18 Å². The maximum absolute atomic E-state index is 12.7. The van der Waals surface area contributed by atoms with Crippen LogP contribution in [0.2, 0.25) is 5.02 Å². The molecule has 108 valence electrons. The molecule has 0 saturated carbocycles. The number of allylic oxidation sites excluding steroid dienone is 1. The summed E-state index contributed by atoms with van der Waals surface area (Å²) in [5.41, 5.74) is -0.986. The molecule has 1 aromatic heterocycles. The molecule has 2 N–H and O–H groups in total. The van der Waals surface area contributed by atoms with E-state index in [0.29, 0.717) is 0 Å². The highest BCUT2D eigenvalue weighted by Crippen LogP contribution is 2.38.